The second-order valence-corrected chi connectivity index (χ2v) is 0.403. The van der Waals surface area contributed by atoms with Crippen LogP contribution in [0.1, 0.15) is 0 Å². The molecule has 0 radical (unpaired) electrons. The number of allylic oxidation sites excluding steroid dienone is 1. The summed E-state index contributed by atoms with van der Waals surface area (Å²) in [7, 11) is 0. The topological polar surface area (TPSA) is 44.0 Å². The fourth-order valence-electron chi connectivity index (χ4n) is 0.0289. The third kappa shape index (κ3) is 8.98. The molecular weight excluding hydrogens is 89.0 g/mol. The van der Waals surface area contributed by atoms with E-state index in [0.717, 1.165) is 6.08 Å². The first-order valence-corrected chi connectivity index (χ1v) is 1.02. The molecule has 0 atom stereocenters. The minimum Gasteiger partial charge on any atom is -0.607 e. The normalized spacial score (nSPS) is 6.50. The molecule has 0 bridgehead atoms. The van der Waals surface area contributed by atoms with Crippen LogP contribution in [0.25, 0.3) is 0 Å². The van der Waals surface area contributed by atoms with Gasteiger partial charge < -0.3 is 10.4 Å². The van der Waals surface area contributed by atoms with E-state index in [4.69, 9.17) is 10.4 Å². The Labute approximate surface area is 58.4 Å². The van der Waals surface area contributed by atoms with Crippen molar-refractivity contribution in [1.29, 1.82) is 5.26 Å². The molecule has 0 rings (SSSR count). The van der Waals surface area contributed by atoms with Gasteiger partial charge >= 0.3 is 29.6 Å². The largest absolute Gasteiger partial charge is 1.00 e. The van der Waals surface area contributed by atoms with Gasteiger partial charge in [-0.25, -0.2) is 0 Å². The monoisotopic (exact) mass is 91.0 g/mol. The molecule has 0 fully saturated rings. The zero-order valence-corrected chi connectivity index (χ0v) is 5.47. The summed E-state index contributed by atoms with van der Waals surface area (Å²) in [4.78, 5) is 0. The first-order valence-electron chi connectivity index (χ1n) is 1.02. The van der Waals surface area contributed by atoms with Crippen LogP contribution in [0.15, 0.2) is 6.08 Å². The summed E-state index contributed by atoms with van der Waals surface area (Å²) in [5, 5.41) is 15.1. The van der Waals surface area contributed by atoms with Crippen LogP contribution in [0.4, 0.5) is 0 Å². The summed E-state index contributed by atoms with van der Waals surface area (Å²) in [6.07, 6.45) is 2.39. The minimum absolute atomic E-state index is 0. The molecule has 0 aliphatic heterocycles. The standard InChI is InChI=1S/C3H2NO.Na/c4-2-1-3-5;/h1,5H;/q-1;+1. The van der Waals surface area contributed by atoms with Crippen molar-refractivity contribution in [3.63, 3.8) is 0 Å². The number of aliphatic hydroxyl groups is 1. The zero-order chi connectivity index (χ0) is 4.12. The van der Waals surface area contributed by atoms with Crippen LogP contribution in [-0.4, -0.2) is 5.11 Å². The molecule has 2 nitrogen and oxygen atoms in total. The molecule has 0 heterocycles. The van der Waals surface area contributed by atoms with E-state index in [-0.39, 0.29) is 29.6 Å². The van der Waals surface area contributed by atoms with E-state index in [1.807, 2.05) is 0 Å². The Kier molecular flexibility index (Phi) is 13.9. The summed E-state index contributed by atoms with van der Waals surface area (Å²) in [5.41, 5.74) is 0. The van der Waals surface area contributed by atoms with Gasteiger partial charge in [0.1, 0.15) is 0 Å². The van der Waals surface area contributed by atoms with Gasteiger partial charge in [0.05, 0.1) is 0 Å². The van der Waals surface area contributed by atoms with Crippen LogP contribution in [0.5, 0.6) is 0 Å². The molecule has 26 valence electrons. The van der Waals surface area contributed by atoms with Crippen LogP contribution < -0.4 is 29.6 Å². The average molecular weight is 91.0 g/mol. The summed E-state index contributed by atoms with van der Waals surface area (Å²) < 4.78 is 0. The minimum atomic E-state index is 0. The molecule has 0 saturated heterocycles. The van der Waals surface area contributed by atoms with Crippen molar-refractivity contribution in [2.75, 3.05) is 0 Å². The van der Waals surface area contributed by atoms with Crippen LogP contribution in [-0.2, 0) is 0 Å². The van der Waals surface area contributed by atoms with Gasteiger partial charge in [-0.15, -0.1) is 12.1 Å². The number of aliphatic hydroxyl groups excluding tert-OH is 1. The predicted octanol–water partition coefficient (Wildman–Crippen LogP) is -2.61. The van der Waals surface area contributed by atoms with E-state index >= 15 is 0 Å². The van der Waals surface area contributed by atoms with Crippen molar-refractivity contribution in [3.8, 4) is 6.07 Å². The van der Waals surface area contributed by atoms with E-state index < -0.39 is 0 Å². The van der Waals surface area contributed by atoms with Crippen LogP contribution >= 0.6 is 0 Å². The fraction of sp³-hybridized carbons (Fsp3) is 0. The van der Waals surface area contributed by atoms with Gasteiger partial charge in [0.15, 0.2) is 0 Å². The van der Waals surface area contributed by atoms with Gasteiger partial charge in [-0.1, -0.05) is 6.26 Å². The molecule has 0 saturated carbocycles. The molecule has 0 spiro atoms. The molecule has 6 heavy (non-hydrogen) atoms. The SMILES string of the molecule is N#CC=[C-]O.[Na+]. The molecule has 0 amide bonds. The first-order chi connectivity index (χ1) is 2.41. The zero-order valence-electron chi connectivity index (χ0n) is 3.47. The summed E-state index contributed by atoms with van der Waals surface area (Å²) in [6.45, 7) is 0. The average Bonchev–Trinajstić information content (AvgIpc) is 1.41. The molecule has 0 aliphatic rings. The molecule has 0 aromatic carbocycles. The van der Waals surface area contributed by atoms with Crippen LogP contribution in [0, 0.1) is 17.6 Å². The van der Waals surface area contributed by atoms with Crippen molar-refractivity contribution in [2.45, 2.75) is 0 Å². The number of nitriles is 1. The maximum absolute atomic E-state index is 7.54. The second-order valence-electron chi connectivity index (χ2n) is 0.403. The Hall–Kier alpha value is 0.0300. The fourth-order valence-corrected chi connectivity index (χ4v) is 0.0289. The molecule has 0 aliphatic carbocycles. The van der Waals surface area contributed by atoms with Gasteiger partial charge in [0.25, 0.3) is 0 Å². The molecule has 3 heteroatoms. The number of hydrogen-bond acceptors (Lipinski definition) is 2. The summed E-state index contributed by atoms with van der Waals surface area (Å²) in [6, 6.07) is 1.53. The molecule has 0 unspecified atom stereocenters. The van der Waals surface area contributed by atoms with E-state index in [9.17, 15) is 0 Å². The predicted molar refractivity (Wildman–Crippen MR) is 16.1 cm³/mol. The van der Waals surface area contributed by atoms with Gasteiger partial charge in [-0.3, -0.25) is 0 Å². The van der Waals surface area contributed by atoms with E-state index in [0.29, 0.717) is 0 Å². The Balaban J connectivity index is 0. The maximum Gasteiger partial charge on any atom is 1.00 e. The van der Waals surface area contributed by atoms with Crippen LogP contribution in [0.3, 0.4) is 0 Å². The molecule has 0 aromatic rings. The van der Waals surface area contributed by atoms with E-state index in [2.05, 4.69) is 0 Å². The van der Waals surface area contributed by atoms with Gasteiger partial charge in [0, 0.05) is 0 Å². The van der Waals surface area contributed by atoms with E-state index in [1.165, 1.54) is 12.3 Å². The Morgan fingerprint density at radius 2 is 2.33 bits per heavy atom. The summed E-state index contributed by atoms with van der Waals surface area (Å²) >= 11 is 0. The van der Waals surface area contributed by atoms with Crippen molar-refractivity contribution < 1.29 is 34.7 Å². The second kappa shape index (κ2) is 8.90. The maximum atomic E-state index is 7.54. The van der Waals surface area contributed by atoms with Crippen molar-refractivity contribution in [2.24, 2.45) is 0 Å². The summed E-state index contributed by atoms with van der Waals surface area (Å²) in [5.74, 6) is 0. The Morgan fingerprint density at radius 3 is 2.33 bits per heavy atom. The first kappa shape index (κ1) is 9.39. The quantitative estimate of drug-likeness (QED) is 0.154. The van der Waals surface area contributed by atoms with Crippen LogP contribution in [0.2, 0.25) is 0 Å². The number of hydrogen-bond donors (Lipinski definition) is 1. The van der Waals surface area contributed by atoms with Crippen molar-refractivity contribution in [3.05, 3.63) is 12.3 Å². The van der Waals surface area contributed by atoms with Gasteiger partial charge in [-0.05, 0) is 0 Å². The molecule has 1 N–H and O–H groups in total. The van der Waals surface area contributed by atoms with E-state index in [1.54, 1.807) is 0 Å². The van der Waals surface area contributed by atoms with Crippen molar-refractivity contribution in [1.82, 2.24) is 0 Å². The van der Waals surface area contributed by atoms with Gasteiger partial charge in [0.2, 0.25) is 0 Å². The van der Waals surface area contributed by atoms with Gasteiger partial charge in [-0.2, -0.15) is 0 Å². The Bertz CT molecular complexity index is 73.4. The number of nitrogens with zero attached hydrogens (tertiary/aromatic N) is 1. The third-order valence-corrected chi connectivity index (χ3v) is 0.129. The molecular formula is C3H2NNaO. The van der Waals surface area contributed by atoms with Crippen molar-refractivity contribution >= 4 is 0 Å². The smallest absolute Gasteiger partial charge is 0.607 e. The third-order valence-electron chi connectivity index (χ3n) is 0.129. The Morgan fingerprint density at radius 1 is 1.83 bits per heavy atom. The number of rotatable bonds is 0. The molecule has 0 aromatic heterocycles.